The Balaban J connectivity index is 4.96. The third-order valence-corrected chi connectivity index (χ3v) is 6.84. The zero-order valence-electron chi connectivity index (χ0n) is 25.3. The van der Waals surface area contributed by atoms with Crippen molar-refractivity contribution in [3.8, 4) is 0 Å². The highest BCUT2D eigenvalue weighted by Gasteiger charge is 2.26. The summed E-state index contributed by atoms with van der Waals surface area (Å²) in [7, 11) is 0. The van der Waals surface area contributed by atoms with Gasteiger partial charge in [-0.2, -0.15) is 0 Å². The molecular weight excluding hydrogens is 536 g/mol. The van der Waals surface area contributed by atoms with E-state index in [0.29, 0.717) is 32.1 Å². The van der Waals surface area contributed by atoms with Crippen LogP contribution >= 0.6 is 0 Å². The van der Waals surface area contributed by atoms with Crippen LogP contribution < -0.4 is 0 Å². The molecule has 0 aliphatic carbocycles. The fourth-order valence-electron chi connectivity index (χ4n) is 4.69. The van der Waals surface area contributed by atoms with Crippen LogP contribution in [0.15, 0.2) is 0 Å². The molecule has 0 aromatic carbocycles. The molecule has 7 atom stereocenters. The van der Waals surface area contributed by atoms with E-state index in [4.69, 9.17) is 14.6 Å². The Labute approximate surface area is 245 Å². The Kier molecular flexibility index (Phi) is 22.7. The van der Waals surface area contributed by atoms with Crippen LogP contribution in [-0.2, 0) is 23.9 Å². The lowest BCUT2D eigenvalue weighted by molar-refractivity contribution is -0.155. The molecule has 0 unspecified atom stereocenters. The molecule has 0 aliphatic heterocycles. The molecule has 0 aliphatic rings. The van der Waals surface area contributed by atoms with Crippen LogP contribution in [0.4, 0.5) is 0 Å². The average molecular weight is 593 g/mol. The molecule has 0 radical (unpaired) electrons. The third kappa shape index (κ3) is 23.5. The van der Waals surface area contributed by atoms with Crippen molar-refractivity contribution < 1.29 is 54.5 Å². The van der Waals surface area contributed by atoms with Gasteiger partial charge in [-0.3, -0.25) is 14.4 Å². The Morgan fingerprint density at radius 2 is 1.00 bits per heavy atom. The highest BCUT2D eigenvalue weighted by Crippen LogP contribution is 2.19. The SMILES string of the molecule is CCCCC[C@@H](O)C[C@H](O)CC(=O)O[C@@H](CCCCC)C[C@@H](O)CC(=O)O[C@@H](CCC[C@@H](C)O)C[C@H](O)CC(=O)O. The van der Waals surface area contributed by atoms with Crippen LogP contribution in [0.3, 0.4) is 0 Å². The predicted octanol–water partition coefficient (Wildman–Crippen LogP) is 3.39. The van der Waals surface area contributed by atoms with Crippen LogP contribution in [0.1, 0.15) is 130 Å². The minimum Gasteiger partial charge on any atom is -0.481 e. The molecule has 11 nitrogen and oxygen atoms in total. The number of hydrogen-bond donors (Lipinski definition) is 6. The number of rotatable bonds is 26. The third-order valence-electron chi connectivity index (χ3n) is 6.84. The van der Waals surface area contributed by atoms with Gasteiger partial charge < -0.3 is 40.1 Å². The molecule has 6 N–H and O–H groups in total. The Morgan fingerprint density at radius 3 is 1.46 bits per heavy atom. The molecule has 0 saturated carbocycles. The van der Waals surface area contributed by atoms with Crippen molar-refractivity contribution in [2.45, 2.75) is 173 Å². The van der Waals surface area contributed by atoms with E-state index in [2.05, 4.69) is 6.92 Å². The number of carbonyl (C=O) groups excluding carboxylic acids is 2. The maximum absolute atomic E-state index is 12.6. The number of aliphatic carboxylic acids is 1. The van der Waals surface area contributed by atoms with E-state index in [0.717, 1.165) is 38.5 Å². The van der Waals surface area contributed by atoms with Crippen LogP contribution in [0.2, 0.25) is 0 Å². The summed E-state index contributed by atoms with van der Waals surface area (Å²) in [6.45, 7) is 5.71. The molecule has 0 heterocycles. The van der Waals surface area contributed by atoms with E-state index >= 15 is 0 Å². The summed E-state index contributed by atoms with van der Waals surface area (Å²) in [5.41, 5.74) is 0. The van der Waals surface area contributed by atoms with Crippen molar-refractivity contribution in [3.63, 3.8) is 0 Å². The molecule has 0 aromatic rings. The minimum atomic E-state index is -1.21. The first kappa shape index (κ1) is 39.2. The van der Waals surface area contributed by atoms with E-state index in [1.165, 1.54) is 0 Å². The number of carboxylic acid groups (broad SMARTS) is 1. The predicted molar refractivity (Wildman–Crippen MR) is 153 cm³/mol. The van der Waals surface area contributed by atoms with Gasteiger partial charge >= 0.3 is 17.9 Å². The lowest BCUT2D eigenvalue weighted by atomic mass is 10.0. The highest BCUT2D eigenvalue weighted by atomic mass is 16.6. The number of unbranched alkanes of at least 4 members (excludes halogenated alkanes) is 4. The van der Waals surface area contributed by atoms with Gasteiger partial charge in [-0.05, 0) is 51.9 Å². The second-order valence-electron chi connectivity index (χ2n) is 11.3. The zero-order valence-corrected chi connectivity index (χ0v) is 25.3. The monoisotopic (exact) mass is 592 g/mol. The number of carbonyl (C=O) groups is 3. The Morgan fingerprint density at radius 1 is 0.561 bits per heavy atom. The van der Waals surface area contributed by atoms with Gasteiger partial charge in [0.25, 0.3) is 0 Å². The fraction of sp³-hybridized carbons (Fsp3) is 0.900. The molecule has 0 fully saturated rings. The maximum Gasteiger partial charge on any atom is 0.308 e. The molecular formula is C30H56O11. The molecule has 242 valence electrons. The van der Waals surface area contributed by atoms with Gasteiger partial charge in [0.05, 0.1) is 49.8 Å². The van der Waals surface area contributed by atoms with Gasteiger partial charge in [-0.25, -0.2) is 0 Å². The van der Waals surface area contributed by atoms with E-state index < -0.39 is 67.1 Å². The molecule has 0 spiro atoms. The molecule has 11 heteroatoms. The summed E-state index contributed by atoms with van der Waals surface area (Å²) in [6, 6.07) is 0. The first-order valence-corrected chi connectivity index (χ1v) is 15.4. The molecule has 0 amide bonds. The second kappa shape index (κ2) is 23.7. The molecule has 0 rings (SSSR count). The van der Waals surface area contributed by atoms with Crippen molar-refractivity contribution in [2.75, 3.05) is 0 Å². The lowest BCUT2D eigenvalue weighted by Gasteiger charge is -2.23. The van der Waals surface area contributed by atoms with E-state index in [1.807, 2.05) is 6.92 Å². The fourth-order valence-corrected chi connectivity index (χ4v) is 4.69. The first-order chi connectivity index (χ1) is 19.4. The molecule has 0 bridgehead atoms. The average Bonchev–Trinajstić information content (AvgIpc) is 2.82. The number of carboxylic acids is 1. The summed E-state index contributed by atoms with van der Waals surface area (Å²) in [4.78, 5) is 36.0. The van der Waals surface area contributed by atoms with Gasteiger partial charge in [-0.15, -0.1) is 0 Å². The maximum atomic E-state index is 12.6. The van der Waals surface area contributed by atoms with E-state index in [9.17, 15) is 39.9 Å². The number of hydrogen-bond acceptors (Lipinski definition) is 10. The Bertz CT molecular complexity index is 700. The van der Waals surface area contributed by atoms with Crippen molar-refractivity contribution in [2.24, 2.45) is 0 Å². The molecule has 0 saturated heterocycles. The second-order valence-corrected chi connectivity index (χ2v) is 11.3. The van der Waals surface area contributed by atoms with Crippen LogP contribution in [0.25, 0.3) is 0 Å². The largest absolute Gasteiger partial charge is 0.481 e. The van der Waals surface area contributed by atoms with Gasteiger partial charge in [-0.1, -0.05) is 46.0 Å². The molecule has 41 heavy (non-hydrogen) atoms. The standard InChI is InChI=1S/C30H56O11/c1-4-6-8-12-22(32)15-23(33)19-29(38)40-26(13-9-7-5-2)17-25(35)20-30(39)41-27(14-10-11-21(3)31)16-24(34)18-28(36)37/h21-27,31-35H,4-20H2,1-3H3,(H,36,37)/t21-,22-,23+,24+,25-,26+,27+/m1/s1. The van der Waals surface area contributed by atoms with Crippen molar-refractivity contribution >= 4 is 17.9 Å². The van der Waals surface area contributed by atoms with E-state index in [-0.39, 0.29) is 32.1 Å². The van der Waals surface area contributed by atoms with Crippen molar-refractivity contribution in [1.29, 1.82) is 0 Å². The van der Waals surface area contributed by atoms with Crippen molar-refractivity contribution in [1.82, 2.24) is 0 Å². The van der Waals surface area contributed by atoms with Crippen LogP contribution in [0, 0.1) is 0 Å². The van der Waals surface area contributed by atoms with Crippen molar-refractivity contribution in [3.05, 3.63) is 0 Å². The van der Waals surface area contributed by atoms with Crippen LogP contribution in [0.5, 0.6) is 0 Å². The Hall–Kier alpha value is -1.79. The number of aliphatic hydroxyl groups is 5. The molecule has 0 aromatic heterocycles. The van der Waals surface area contributed by atoms with Gasteiger partial charge in [0, 0.05) is 12.8 Å². The zero-order chi connectivity index (χ0) is 31.2. The van der Waals surface area contributed by atoms with Gasteiger partial charge in [0.2, 0.25) is 0 Å². The van der Waals surface area contributed by atoms with E-state index in [1.54, 1.807) is 6.92 Å². The quantitative estimate of drug-likeness (QED) is 0.0637. The summed E-state index contributed by atoms with van der Waals surface area (Å²) in [6.07, 6.45) is 0.439. The summed E-state index contributed by atoms with van der Waals surface area (Å²) in [5.74, 6) is -2.55. The summed E-state index contributed by atoms with van der Waals surface area (Å²) >= 11 is 0. The lowest BCUT2D eigenvalue weighted by Crippen LogP contribution is -2.30. The number of aliphatic hydroxyl groups excluding tert-OH is 5. The van der Waals surface area contributed by atoms with Crippen LogP contribution in [-0.4, -0.2) is 91.3 Å². The smallest absolute Gasteiger partial charge is 0.308 e. The number of esters is 2. The first-order valence-electron chi connectivity index (χ1n) is 15.4. The topological polar surface area (TPSA) is 191 Å². The summed E-state index contributed by atoms with van der Waals surface area (Å²) < 4.78 is 11.0. The number of ether oxygens (including phenoxy) is 2. The van der Waals surface area contributed by atoms with Gasteiger partial charge in [0.15, 0.2) is 0 Å². The minimum absolute atomic E-state index is 0.00533. The summed E-state index contributed by atoms with van der Waals surface area (Å²) in [5, 5.41) is 59.3. The normalized spacial score (nSPS) is 16.7. The van der Waals surface area contributed by atoms with Gasteiger partial charge in [0.1, 0.15) is 12.2 Å². The highest BCUT2D eigenvalue weighted by molar-refractivity contribution is 5.71.